The molecule has 0 fully saturated rings. The molecule has 1 aromatic heterocycles. The largest absolute Gasteiger partial charge is 0.496 e. The van der Waals surface area contributed by atoms with Gasteiger partial charge >= 0.3 is 0 Å². The summed E-state index contributed by atoms with van der Waals surface area (Å²) in [5.74, 6) is 1.57. The molecule has 0 bridgehead atoms. The second-order valence-electron chi connectivity index (χ2n) is 5.00. The van der Waals surface area contributed by atoms with E-state index in [1.807, 2.05) is 29.5 Å². The summed E-state index contributed by atoms with van der Waals surface area (Å²) in [6.45, 7) is 0. The van der Waals surface area contributed by atoms with E-state index in [0.29, 0.717) is 0 Å². The van der Waals surface area contributed by atoms with Crippen LogP contribution in [-0.4, -0.2) is 14.2 Å². The van der Waals surface area contributed by atoms with Gasteiger partial charge in [-0.25, -0.2) is 0 Å². The summed E-state index contributed by atoms with van der Waals surface area (Å²) in [6, 6.07) is 7.83. The predicted molar refractivity (Wildman–Crippen MR) is 81.9 cm³/mol. The normalized spacial score (nSPS) is 14.9. The van der Waals surface area contributed by atoms with Crippen molar-refractivity contribution in [2.75, 3.05) is 14.2 Å². The van der Waals surface area contributed by atoms with Gasteiger partial charge < -0.3 is 15.2 Å². The number of thiophene rings is 1. The van der Waals surface area contributed by atoms with Gasteiger partial charge in [0.05, 0.1) is 25.8 Å². The topological polar surface area (TPSA) is 44.5 Å². The number of methoxy groups -OCH3 is 2. The monoisotopic (exact) mass is 289 g/mol. The predicted octanol–water partition coefficient (Wildman–Crippen LogP) is 3.30. The number of benzene rings is 1. The van der Waals surface area contributed by atoms with E-state index in [1.165, 1.54) is 34.6 Å². The van der Waals surface area contributed by atoms with Gasteiger partial charge in [0, 0.05) is 9.75 Å². The van der Waals surface area contributed by atoms with Crippen molar-refractivity contribution < 1.29 is 9.47 Å². The molecule has 1 aliphatic carbocycles. The molecule has 1 heterocycles. The Morgan fingerprint density at radius 1 is 1.15 bits per heavy atom. The molecule has 0 spiro atoms. The van der Waals surface area contributed by atoms with Gasteiger partial charge in [-0.05, 0) is 43.0 Å². The van der Waals surface area contributed by atoms with Crippen molar-refractivity contribution in [3.63, 3.8) is 0 Å². The molecule has 1 aliphatic rings. The molecule has 1 atom stereocenters. The quantitative estimate of drug-likeness (QED) is 0.939. The van der Waals surface area contributed by atoms with E-state index in [4.69, 9.17) is 15.2 Å². The van der Waals surface area contributed by atoms with Crippen LogP contribution >= 0.6 is 11.3 Å². The van der Waals surface area contributed by atoms with Crippen LogP contribution in [0.3, 0.4) is 0 Å². The Kier molecular flexibility index (Phi) is 3.68. The van der Waals surface area contributed by atoms with E-state index in [9.17, 15) is 0 Å². The highest BCUT2D eigenvalue weighted by molar-refractivity contribution is 7.12. The summed E-state index contributed by atoms with van der Waals surface area (Å²) in [6.07, 6.45) is 3.64. The molecule has 2 aromatic rings. The lowest BCUT2D eigenvalue weighted by molar-refractivity contribution is 0.382. The summed E-state index contributed by atoms with van der Waals surface area (Å²) in [7, 11) is 3.33. The minimum atomic E-state index is -0.198. The number of hydrogen-bond donors (Lipinski definition) is 1. The zero-order valence-electron chi connectivity index (χ0n) is 11.8. The summed E-state index contributed by atoms with van der Waals surface area (Å²) in [5, 5.41) is 0. The van der Waals surface area contributed by atoms with Gasteiger partial charge in [0.15, 0.2) is 0 Å². The molecule has 0 saturated carbocycles. The second kappa shape index (κ2) is 5.46. The van der Waals surface area contributed by atoms with Crippen molar-refractivity contribution in [3.05, 3.63) is 45.1 Å². The third-order valence-corrected chi connectivity index (χ3v) is 5.17. The Morgan fingerprint density at radius 2 is 1.85 bits per heavy atom. The second-order valence-corrected chi connectivity index (χ2v) is 6.17. The van der Waals surface area contributed by atoms with Crippen LogP contribution in [0.15, 0.2) is 24.3 Å². The Bertz CT molecular complexity index is 577. The fourth-order valence-corrected chi connectivity index (χ4v) is 4.10. The maximum Gasteiger partial charge on any atom is 0.127 e. The minimum absolute atomic E-state index is 0.198. The maximum atomic E-state index is 6.48. The first-order chi connectivity index (χ1) is 9.74. The SMILES string of the molecule is COc1cccc(OC)c1C(N)c1cc2c(s1)CCC2. The summed E-state index contributed by atoms with van der Waals surface area (Å²) in [4.78, 5) is 2.68. The van der Waals surface area contributed by atoms with Gasteiger partial charge in [0.2, 0.25) is 0 Å². The Labute approximate surface area is 123 Å². The van der Waals surface area contributed by atoms with Crippen LogP contribution in [0.1, 0.15) is 33.3 Å². The third-order valence-electron chi connectivity index (χ3n) is 3.85. The Morgan fingerprint density at radius 3 is 2.45 bits per heavy atom. The van der Waals surface area contributed by atoms with Crippen molar-refractivity contribution in [2.24, 2.45) is 5.73 Å². The average Bonchev–Trinajstić information content (AvgIpc) is 3.06. The number of aryl methyl sites for hydroxylation is 2. The molecule has 0 aliphatic heterocycles. The van der Waals surface area contributed by atoms with Crippen molar-refractivity contribution >= 4 is 11.3 Å². The molecule has 106 valence electrons. The Balaban J connectivity index is 2.02. The number of rotatable bonds is 4. The molecule has 1 unspecified atom stereocenters. The maximum absolute atomic E-state index is 6.48. The van der Waals surface area contributed by atoms with Crippen molar-refractivity contribution in [1.82, 2.24) is 0 Å². The van der Waals surface area contributed by atoms with Crippen molar-refractivity contribution in [1.29, 1.82) is 0 Å². The molecule has 0 radical (unpaired) electrons. The minimum Gasteiger partial charge on any atom is -0.496 e. The van der Waals surface area contributed by atoms with Crippen LogP contribution in [0.2, 0.25) is 0 Å². The number of hydrogen-bond acceptors (Lipinski definition) is 4. The number of ether oxygens (including phenoxy) is 2. The molecule has 3 rings (SSSR count). The van der Waals surface area contributed by atoms with E-state index in [1.54, 1.807) is 14.2 Å². The highest BCUT2D eigenvalue weighted by Gasteiger charge is 2.23. The van der Waals surface area contributed by atoms with Crippen molar-refractivity contribution in [2.45, 2.75) is 25.3 Å². The average molecular weight is 289 g/mol. The summed E-state index contributed by atoms with van der Waals surface area (Å²) in [5.41, 5.74) is 8.88. The number of fused-ring (bicyclic) bond motifs is 1. The van der Waals surface area contributed by atoms with Crippen LogP contribution in [0.5, 0.6) is 11.5 Å². The van der Waals surface area contributed by atoms with Crippen molar-refractivity contribution in [3.8, 4) is 11.5 Å². The molecule has 1 aromatic carbocycles. The van der Waals surface area contributed by atoms with Crippen LogP contribution in [0.25, 0.3) is 0 Å². The van der Waals surface area contributed by atoms with E-state index in [2.05, 4.69) is 6.07 Å². The van der Waals surface area contributed by atoms with Crippen LogP contribution in [-0.2, 0) is 12.8 Å². The lowest BCUT2D eigenvalue weighted by Crippen LogP contribution is -2.13. The molecule has 4 heteroatoms. The molecular formula is C16H19NO2S. The van der Waals surface area contributed by atoms with E-state index >= 15 is 0 Å². The fraction of sp³-hybridized carbons (Fsp3) is 0.375. The fourth-order valence-electron chi connectivity index (χ4n) is 2.83. The molecule has 0 amide bonds. The molecule has 0 saturated heterocycles. The van der Waals surface area contributed by atoms with Gasteiger partial charge in [-0.3, -0.25) is 0 Å². The van der Waals surface area contributed by atoms with Gasteiger partial charge in [0.1, 0.15) is 11.5 Å². The lowest BCUT2D eigenvalue weighted by Gasteiger charge is -2.18. The van der Waals surface area contributed by atoms with Gasteiger partial charge in [-0.1, -0.05) is 6.07 Å². The van der Waals surface area contributed by atoms with Gasteiger partial charge in [-0.2, -0.15) is 0 Å². The first kappa shape index (κ1) is 13.5. The first-order valence-electron chi connectivity index (χ1n) is 6.82. The lowest BCUT2D eigenvalue weighted by atomic mass is 10.0. The molecule has 3 nitrogen and oxygen atoms in total. The summed E-state index contributed by atoms with van der Waals surface area (Å²) >= 11 is 1.83. The Hall–Kier alpha value is -1.52. The van der Waals surface area contributed by atoms with E-state index in [-0.39, 0.29) is 6.04 Å². The standard InChI is InChI=1S/C16H19NO2S/c1-18-11-6-4-7-12(19-2)15(11)16(17)14-9-10-5-3-8-13(10)20-14/h4,6-7,9,16H,3,5,8,17H2,1-2H3. The smallest absolute Gasteiger partial charge is 0.127 e. The van der Waals surface area contributed by atoms with Gasteiger partial charge in [0.25, 0.3) is 0 Å². The molecule has 2 N–H and O–H groups in total. The van der Waals surface area contributed by atoms with Crippen LogP contribution in [0, 0.1) is 0 Å². The molecule has 20 heavy (non-hydrogen) atoms. The zero-order chi connectivity index (χ0) is 14.1. The van der Waals surface area contributed by atoms with E-state index < -0.39 is 0 Å². The van der Waals surface area contributed by atoms with Crippen LogP contribution < -0.4 is 15.2 Å². The van der Waals surface area contributed by atoms with Crippen LogP contribution in [0.4, 0.5) is 0 Å². The first-order valence-corrected chi connectivity index (χ1v) is 7.64. The van der Waals surface area contributed by atoms with Gasteiger partial charge in [-0.15, -0.1) is 11.3 Å². The molecular weight excluding hydrogens is 270 g/mol. The third kappa shape index (κ3) is 2.19. The van der Waals surface area contributed by atoms with E-state index in [0.717, 1.165) is 17.1 Å². The zero-order valence-corrected chi connectivity index (χ0v) is 12.6. The highest BCUT2D eigenvalue weighted by Crippen LogP contribution is 2.40. The summed E-state index contributed by atoms with van der Waals surface area (Å²) < 4.78 is 10.9. The number of nitrogens with two attached hydrogens (primary N) is 1. The highest BCUT2D eigenvalue weighted by atomic mass is 32.1.